The highest BCUT2D eigenvalue weighted by Crippen LogP contribution is 2.20. The topological polar surface area (TPSA) is 68.0 Å². The Kier molecular flexibility index (Phi) is 6.59. The van der Waals surface area contributed by atoms with Crippen molar-refractivity contribution in [2.24, 2.45) is 0 Å². The third-order valence-corrected chi connectivity index (χ3v) is 4.25. The van der Waals surface area contributed by atoms with Gasteiger partial charge in [-0.3, -0.25) is 4.79 Å². The zero-order valence-corrected chi connectivity index (χ0v) is 16.1. The number of carbonyl (C=O) groups is 1. The van der Waals surface area contributed by atoms with Crippen molar-refractivity contribution in [1.82, 2.24) is 15.5 Å². The van der Waals surface area contributed by atoms with Crippen LogP contribution in [0, 0.1) is 11.8 Å². The molecule has 28 heavy (non-hydrogen) atoms. The summed E-state index contributed by atoms with van der Waals surface area (Å²) in [5, 5.41) is 6.78. The fourth-order valence-electron chi connectivity index (χ4n) is 2.61. The molecular weight excluding hydrogens is 350 g/mol. The van der Waals surface area contributed by atoms with Crippen LogP contribution in [-0.4, -0.2) is 22.6 Å². The maximum absolute atomic E-state index is 11.9. The second kappa shape index (κ2) is 9.52. The van der Waals surface area contributed by atoms with Gasteiger partial charge in [-0.25, -0.2) is 0 Å². The minimum atomic E-state index is -0.0941. The maximum atomic E-state index is 11.9. The minimum absolute atomic E-state index is 0.0941. The molecule has 5 nitrogen and oxygen atoms in total. The first-order valence-corrected chi connectivity index (χ1v) is 9.35. The van der Waals surface area contributed by atoms with Crippen molar-refractivity contribution >= 4 is 5.91 Å². The lowest BCUT2D eigenvalue weighted by molar-refractivity contribution is -0.120. The van der Waals surface area contributed by atoms with Gasteiger partial charge >= 0.3 is 0 Å². The smallest absolute Gasteiger partial charge is 0.227 e. The van der Waals surface area contributed by atoms with Gasteiger partial charge in [-0.05, 0) is 23.6 Å². The van der Waals surface area contributed by atoms with Crippen LogP contribution in [0.5, 0.6) is 0 Å². The molecule has 142 valence electrons. The van der Waals surface area contributed by atoms with Crippen molar-refractivity contribution in [2.45, 2.75) is 32.6 Å². The summed E-state index contributed by atoms with van der Waals surface area (Å²) in [6, 6.07) is 17.8. The molecule has 0 radical (unpaired) electrons. The number of amides is 1. The van der Waals surface area contributed by atoms with Gasteiger partial charge in [0.1, 0.15) is 0 Å². The molecule has 3 rings (SSSR count). The molecule has 0 aliphatic heterocycles. The highest BCUT2D eigenvalue weighted by atomic mass is 16.5. The van der Waals surface area contributed by atoms with Crippen molar-refractivity contribution in [3.63, 3.8) is 0 Å². The van der Waals surface area contributed by atoms with Crippen LogP contribution in [0.25, 0.3) is 11.4 Å². The maximum Gasteiger partial charge on any atom is 0.227 e. The molecule has 0 saturated heterocycles. The zero-order chi connectivity index (χ0) is 19.8. The molecule has 0 fully saturated rings. The van der Waals surface area contributed by atoms with Crippen molar-refractivity contribution in [1.29, 1.82) is 0 Å². The first-order valence-electron chi connectivity index (χ1n) is 9.35. The Labute approximate surface area is 165 Å². The molecule has 0 bridgehead atoms. The normalized spacial score (nSPS) is 10.4. The number of hydrogen-bond acceptors (Lipinski definition) is 4. The molecule has 0 aliphatic carbocycles. The summed E-state index contributed by atoms with van der Waals surface area (Å²) in [5.74, 6) is 7.31. The van der Waals surface area contributed by atoms with Crippen LogP contribution in [0.3, 0.4) is 0 Å². The number of nitrogens with zero attached hydrogens (tertiary/aromatic N) is 2. The summed E-state index contributed by atoms with van der Waals surface area (Å²) in [5.41, 5.74) is 3.09. The Bertz CT molecular complexity index is 964. The molecule has 5 heteroatoms. The molecular formula is C23H23N3O2. The molecule has 1 N–H and O–H groups in total. The molecule has 1 heterocycles. The Morgan fingerprint density at radius 1 is 1.11 bits per heavy atom. The standard InChI is InChI=1S/C23H23N3O2/c1-17(2)19-10-12-20(13-11-19)23-25-22(28-26-23)15-14-21(27)24-16-6-9-18-7-4-3-5-8-18/h3-5,7-8,10-13,17H,14-16H2,1-2H3,(H,24,27). The predicted octanol–water partition coefficient (Wildman–Crippen LogP) is 3.96. The van der Waals surface area contributed by atoms with Gasteiger partial charge in [0.05, 0.1) is 6.54 Å². The Morgan fingerprint density at radius 2 is 1.86 bits per heavy atom. The van der Waals surface area contributed by atoms with Crippen LogP contribution in [0.4, 0.5) is 0 Å². The number of carbonyl (C=O) groups excluding carboxylic acids is 1. The van der Waals surface area contributed by atoms with Gasteiger partial charge in [0, 0.05) is 24.0 Å². The molecule has 0 saturated carbocycles. The van der Waals surface area contributed by atoms with E-state index in [1.54, 1.807) is 0 Å². The summed E-state index contributed by atoms with van der Waals surface area (Å²) in [7, 11) is 0. The van der Waals surface area contributed by atoms with E-state index in [-0.39, 0.29) is 12.3 Å². The van der Waals surface area contributed by atoms with Crippen LogP contribution in [0.1, 0.15) is 43.2 Å². The molecule has 0 spiro atoms. The van der Waals surface area contributed by atoms with Gasteiger partial charge in [-0.2, -0.15) is 4.98 Å². The average molecular weight is 373 g/mol. The van der Waals surface area contributed by atoms with E-state index in [1.165, 1.54) is 5.56 Å². The first-order chi connectivity index (χ1) is 13.6. The van der Waals surface area contributed by atoms with E-state index in [0.29, 0.717) is 30.6 Å². The number of rotatable bonds is 6. The molecule has 2 aromatic carbocycles. The van der Waals surface area contributed by atoms with Crippen LogP contribution in [-0.2, 0) is 11.2 Å². The van der Waals surface area contributed by atoms with E-state index in [1.807, 2.05) is 42.5 Å². The van der Waals surface area contributed by atoms with Crippen molar-refractivity contribution in [3.8, 4) is 23.2 Å². The summed E-state index contributed by atoms with van der Waals surface area (Å²) >= 11 is 0. The number of benzene rings is 2. The summed E-state index contributed by atoms with van der Waals surface area (Å²) < 4.78 is 5.26. The number of hydrogen-bond donors (Lipinski definition) is 1. The van der Waals surface area contributed by atoms with Crippen LogP contribution in [0.15, 0.2) is 59.1 Å². The van der Waals surface area contributed by atoms with Crippen LogP contribution < -0.4 is 5.32 Å². The molecule has 0 unspecified atom stereocenters. The van der Waals surface area contributed by atoms with Gasteiger partial charge in [0.15, 0.2) is 0 Å². The Morgan fingerprint density at radius 3 is 2.57 bits per heavy atom. The lowest BCUT2D eigenvalue weighted by Crippen LogP contribution is -2.23. The summed E-state index contributed by atoms with van der Waals surface area (Å²) in [6.45, 7) is 4.62. The SMILES string of the molecule is CC(C)c1ccc(-c2noc(CCC(=O)NCC#Cc3ccccc3)n2)cc1. The first kappa shape index (κ1) is 19.4. The third-order valence-electron chi connectivity index (χ3n) is 4.25. The Balaban J connectivity index is 1.46. The highest BCUT2D eigenvalue weighted by Gasteiger charge is 2.11. The zero-order valence-electron chi connectivity index (χ0n) is 16.1. The number of aromatic nitrogens is 2. The van der Waals surface area contributed by atoms with E-state index >= 15 is 0 Å². The fraction of sp³-hybridized carbons (Fsp3) is 0.261. The van der Waals surface area contributed by atoms with E-state index < -0.39 is 0 Å². The van der Waals surface area contributed by atoms with Crippen molar-refractivity contribution in [2.75, 3.05) is 6.54 Å². The highest BCUT2D eigenvalue weighted by molar-refractivity contribution is 5.76. The van der Waals surface area contributed by atoms with E-state index in [2.05, 4.69) is 53.3 Å². The minimum Gasteiger partial charge on any atom is -0.345 e. The lowest BCUT2D eigenvalue weighted by atomic mass is 10.0. The third kappa shape index (κ3) is 5.55. The largest absolute Gasteiger partial charge is 0.345 e. The van der Waals surface area contributed by atoms with Crippen LogP contribution in [0.2, 0.25) is 0 Å². The molecule has 0 aliphatic rings. The Hall–Kier alpha value is -3.39. The van der Waals surface area contributed by atoms with Gasteiger partial charge in [-0.1, -0.05) is 73.3 Å². The van der Waals surface area contributed by atoms with Crippen molar-refractivity contribution < 1.29 is 9.32 Å². The lowest BCUT2D eigenvalue weighted by Gasteiger charge is -2.04. The van der Waals surface area contributed by atoms with Gasteiger partial charge < -0.3 is 9.84 Å². The summed E-state index contributed by atoms with van der Waals surface area (Å²) in [6.07, 6.45) is 0.677. The predicted molar refractivity (Wildman–Crippen MR) is 108 cm³/mol. The summed E-state index contributed by atoms with van der Waals surface area (Å²) in [4.78, 5) is 16.3. The number of aryl methyl sites for hydroxylation is 1. The quantitative estimate of drug-likeness (QED) is 0.664. The van der Waals surface area contributed by atoms with Gasteiger partial charge in [-0.15, -0.1) is 0 Å². The second-order valence-electron chi connectivity index (χ2n) is 6.73. The average Bonchev–Trinajstić information content (AvgIpc) is 3.19. The van der Waals surface area contributed by atoms with Crippen molar-refractivity contribution in [3.05, 3.63) is 71.6 Å². The van der Waals surface area contributed by atoms with E-state index in [9.17, 15) is 4.79 Å². The molecule has 0 atom stereocenters. The fourth-order valence-corrected chi connectivity index (χ4v) is 2.61. The second-order valence-corrected chi connectivity index (χ2v) is 6.73. The van der Waals surface area contributed by atoms with Gasteiger partial charge in [0.2, 0.25) is 17.6 Å². The molecule has 1 aromatic heterocycles. The monoisotopic (exact) mass is 373 g/mol. The molecule has 3 aromatic rings. The van der Waals surface area contributed by atoms with E-state index in [0.717, 1.165) is 11.1 Å². The van der Waals surface area contributed by atoms with E-state index in [4.69, 9.17) is 4.52 Å². The van der Waals surface area contributed by atoms with Gasteiger partial charge in [0.25, 0.3) is 0 Å². The van der Waals surface area contributed by atoms with Crippen LogP contribution >= 0.6 is 0 Å². The molecule has 1 amide bonds. The number of nitrogens with one attached hydrogen (secondary N) is 1.